The first-order valence-corrected chi connectivity index (χ1v) is 10.9. The Kier molecular flexibility index (Phi) is 3.58. The summed E-state index contributed by atoms with van der Waals surface area (Å²) in [6, 6.07) is 40.6. The van der Waals surface area contributed by atoms with Crippen LogP contribution >= 0.6 is 0 Å². The Morgan fingerprint density at radius 1 is 0.500 bits per heavy atom. The van der Waals surface area contributed by atoms with Crippen LogP contribution in [0.1, 0.15) is 0 Å². The third kappa shape index (κ3) is 2.41. The highest BCUT2D eigenvalue weighted by atomic mass is 16.3. The molecule has 0 fully saturated rings. The van der Waals surface area contributed by atoms with Crippen LogP contribution in [-0.2, 0) is 0 Å². The molecule has 0 radical (unpaired) electrons. The number of nitrogens with zero attached hydrogens (tertiary/aromatic N) is 1. The van der Waals surface area contributed by atoms with Gasteiger partial charge in [0.15, 0.2) is 0 Å². The van der Waals surface area contributed by atoms with Crippen LogP contribution in [0.3, 0.4) is 0 Å². The number of rotatable bonds is 2. The van der Waals surface area contributed by atoms with Gasteiger partial charge in [0.25, 0.3) is 0 Å². The minimum absolute atomic E-state index is 0.924. The quantitative estimate of drug-likeness (QED) is 0.280. The molecule has 7 rings (SSSR count). The van der Waals surface area contributed by atoms with Gasteiger partial charge in [-0.25, -0.2) is 0 Å². The van der Waals surface area contributed by atoms with Gasteiger partial charge >= 0.3 is 0 Å². The molecular weight excluding hydrogens is 390 g/mol. The van der Waals surface area contributed by atoms with Crippen molar-refractivity contribution in [2.75, 3.05) is 0 Å². The van der Waals surface area contributed by atoms with E-state index in [0.717, 1.165) is 16.6 Å². The summed E-state index contributed by atoms with van der Waals surface area (Å²) in [5.41, 5.74) is 7.83. The zero-order chi connectivity index (χ0) is 21.1. The van der Waals surface area contributed by atoms with Gasteiger partial charge in [-0.2, -0.15) is 0 Å². The number of para-hydroxylation sites is 3. The third-order valence-corrected chi connectivity index (χ3v) is 6.40. The normalized spacial score (nSPS) is 11.8. The highest BCUT2D eigenvalue weighted by Gasteiger charge is 2.15. The number of benzene rings is 5. The Hall–Kier alpha value is -4.30. The fraction of sp³-hybridized carbons (Fsp3) is 0. The summed E-state index contributed by atoms with van der Waals surface area (Å²) in [6.07, 6.45) is 0. The van der Waals surface area contributed by atoms with Crippen LogP contribution in [0.2, 0.25) is 0 Å². The largest absolute Gasteiger partial charge is 0.456 e. The Morgan fingerprint density at radius 2 is 1.22 bits per heavy atom. The summed E-state index contributed by atoms with van der Waals surface area (Å²) in [5.74, 6) is 0. The van der Waals surface area contributed by atoms with Crippen LogP contribution in [0.5, 0.6) is 0 Å². The van der Waals surface area contributed by atoms with E-state index in [1.807, 2.05) is 12.1 Å². The van der Waals surface area contributed by atoms with Crippen molar-refractivity contribution < 1.29 is 4.42 Å². The molecule has 0 spiro atoms. The van der Waals surface area contributed by atoms with Crippen molar-refractivity contribution >= 4 is 43.7 Å². The number of hydrogen-bond donors (Lipinski definition) is 0. The molecule has 0 atom stereocenters. The van der Waals surface area contributed by atoms with Crippen molar-refractivity contribution in [3.63, 3.8) is 0 Å². The summed E-state index contributed by atoms with van der Waals surface area (Å²) in [6.45, 7) is 0. The van der Waals surface area contributed by atoms with Crippen LogP contribution in [0.4, 0.5) is 0 Å². The molecule has 7 aromatic rings. The van der Waals surface area contributed by atoms with E-state index in [1.165, 1.54) is 44.0 Å². The Labute approximate surface area is 184 Å². The van der Waals surface area contributed by atoms with E-state index in [2.05, 4.69) is 108 Å². The second-order valence-corrected chi connectivity index (χ2v) is 8.20. The van der Waals surface area contributed by atoms with E-state index < -0.39 is 0 Å². The fourth-order valence-corrected chi connectivity index (χ4v) is 5.01. The lowest BCUT2D eigenvalue weighted by Gasteiger charge is -2.09. The molecular formula is C30H19NO. The zero-order valence-corrected chi connectivity index (χ0v) is 17.3. The lowest BCUT2D eigenvalue weighted by molar-refractivity contribution is 0.669. The fourth-order valence-electron chi connectivity index (χ4n) is 5.01. The predicted octanol–water partition coefficient (Wildman–Crippen LogP) is 8.35. The van der Waals surface area contributed by atoms with E-state index in [1.54, 1.807) is 0 Å². The molecule has 0 aliphatic rings. The van der Waals surface area contributed by atoms with Gasteiger partial charge < -0.3 is 8.98 Å². The van der Waals surface area contributed by atoms with Gasteiger partial charge in [-0.05, 0) is 47.5 Å². The van der Waals surface area contributed by atoms with E-state index in [-0.39, 0.29) is 0 Å². The van der Waals surface area contributed by atoms with E-state index in [4.69, 9.17) is 4.42 Å². The van der Waals surface area contributed by atoms with Gasteiger partial charge in [0, 0.05) is 27.2 Å². The summed E-state index contributed by atoms with van der Waals surface area (Å²) in [5, 5.41) is 4.86. The highest BCUT2D eigenvalue weighted by Crippen LogP contribution is 2.39. The maximum absolute atomic E-state index is 6.14. The lowest BCUT2D eigenvalue weighted by Crippen LogP contribution is -1.93. The van der Waals surface area contributed by atoms with E-state index >= 15 is 0 Å². The molecule has 2 heterocycles. The van der Waals surface area contributed by atoms with Crippen LogP contribution in [-0.4, -0.2) is 4.57 Å². The van der Waals surface area contributed by atoms with Gasteiger partial charge in [0.2, 0.25) is 0 Å². The van der Waals surface area contributed by atoms with Crippen molar-refractivity contribution in [2.45, 2.75) is 0 Å². The van der Waals surface area contributed by atoms with Gasteiger partial charge in [-0.3, -0.25) is 0 Å². The molecule has 0 saturated heterocycles. The Bertz CT molecular complexity index is 1770. The molecule has 2 heteroatoms. The monoisotopic (exact) mass is 409 g/mol. The number of hydrogen-bond acceptors (Lipinski definition) is 1. The first-order valence-electron chi connectivity index (χ1n) is 10.9. The lowest BCUT2D eigenvalue weighted by atomic mass is 9.98. The van der Waals surface area contributed by atoms with Crippen molar-refractivity contribution in [2.24, 2.45) is 0 Å². The molecule has 0 aliphatic carbocycles. The van der Waals surface area contributed by atoms with Crippen molar-refractivity contribution in [1.82, 2.24) is 4.57 Å². The van der Waals surface area contributed by atoms with Gasteiger partial charge in [-0.15, -0.1) is 0 Å². The van der Waals surface area contributed by atoms with Crippen molar-refractivity contribution in [1.29, 1.82) is 0 Å². The predicted molar refractivity (Wildman–Crippen MR) is 133 cm³/mol. The van der Waals surface area contributed by atoms with E-state index in [0.29, 0.717) is 0 Å². The first-order chi connectivity index (χ1) is 15.9. The molecule has 2 nitrogen and oxygen atoms in total. The average Bonchev–Trinajstić information content (AvgIpc) is 3.40. The van der Waals surface area contributed by atoms with Gasteiger partial charge in [0.1, 0.15) is 11.2 Å². The second kappa shape index (κ2) is 6.60. The number of fused-ring (bicyclic) bond motifs is 6. The molecule has 150 valence electrons. The van der Waals surface area contributed by atoms with Gasteiger partial charge in [0.05, 0.1) is 11.0 Å². The highest BCUT2D eigenvalue weighted by molar-refractivity contribution is 6.14. The molecule has 0 bridgehead atoms. The van der Waals surface area contributed by atoms with Gasteiger partial charge in [-0.1, -0.05) is 78.9 Å². The maximum Gasteiger partial charge on any atom is 0.136 e. The van der Waals surface area contributed by atoms with Crippen molar-refractivity contribution in [3.8, 4) is 16.8 Å². The Balaban J connectivity index is 1.58. The minimum atomic E-state index is 0.924. The summed E-state index contributed by atoms with van der Waals surface area (Å²) in [4.78, 5) is 0. The topological polar surface area (TPSA) is 18.1 Å². The van der Waals surface area contributed by atoms with Crippen LogP contribution in [0, 0.1) is 0 Å². The summed E-state index contributed by atoms with van der Waals surface area (Å²) in [7, 11) is 0. The average molecular weight is 409 g/mol. The van der Waals surface area contributed by atoms with E-state index in [9.17, 15) is 0 Å². The maximum atomic E-state index is 6.14. The van der Waals surface area contributed by atoms with Crippen molar-refractivity contribution in [3.05, 3.63) is 115 Å². The van der Waals surface area contributed by atoms with Crippen LogP contribution in [0.25, 0.3) is 60.6 Å². The minimum Gasteiger partial charge on any atom is -0.456 e. The van der Waals surface area contributed by atoms with Crippen LogP contribution in [0.15, 0.2) is 120 Å². The molecule has 5 aromatic carbocycles. The second-order valence-electron chi connectivity index (χ2n) is 8.20. The zero-order valence-electron chi connectivity index (χ0n) is 17.3. The first kappa shape index (κ1) is 17.4. The molecule has 0 N–H and O–H groups in total. The Morgan fingerprint density at radius 3 is 2.12 bits per heavy atom. The molecule has 32 heavy (non-hydrogen) atoms. The smallest absolute Gasteiger partial charge is 0.136 e. The molecule has 0 amide bonds. The van der Waals surface area contributed by atoms with Crippen LogP contribution < -0.4 is 0 Å². The molecule has 0 unspecified atom stereocenters. The summed E-state index contributed by atoms with van der Waals surface area (Å²) >= 11 is 0. The standard InChI is InChI=1S/C30H19NO/c1-2-9-21(10-3-1)31-26-14-6-4-11-23(26)24-18-17-20(19-27(24)31)22-13-8-16-29-30(22)25-12-5-7-15-28(25)32-29/h1-19H. The third-order valence-electron chi connectivity index (χ3n) is 6.40. The SMILES string of the molecule is c1ccc(-n2c3ccccc3c3ccc(-c4cccc5oc6ccccc6c45)cc32)cc1. The molecule has 0 aliphatic heterocycles. The summed E-state index contributed by atoms with van der Waals surface area (Å²) < 4.78 is 8.50. The number of aromatic nitrogens is 1. The molecule has 2 aromatic heterocycles. The molecule has 0 saturated carbocycles. The number of furan rings is 1.